The smallest absolute Gasteiger partial charge is 0.262 e. The largest absolute Gasteiger partial charge is 0.284 e. The van der Waals surface area contributed by atoms with Crippen molar-refractivity contribution in [1.29, 1.82) is 0 Å². The Hall–Kier alpha value is -7.25. The van der Waals surface area contributed by atoms with Gasteiger partial charge in [0.1, 0.15) is 0 Å². The molecule has 61 heavy (non-hydrogen) atoms. The third-order valence-corrected chi connectivity index (χ3v) is 10.3. The van der Waals surface area contributed by atoms with Crippen molar-refractivity contribution >= 4 is 23.2 Å². The van der Waals surface area contributed by atoms with Crippen molar-refractivity contribution in [3.8, 4) is 50.4 Å². The predicted molar refractivity (Wildman–Crippen MR) is 252 cm³/mol. The summed E-state index contributed by atoms with van der Waals surface area (Å²) < 4.78 is 5.03. The van der Waals surface area contributed by atoms with Gasteiger partial charge < -0.3 is 0 Å². The lowest BCUT2D eigenvalue weighted by molar-refractivity contribution is 0.980. The van der Waals surface area contributed by atoms with Gasteiger partial charge in [0, 0.05) is 62.4 Å². The van der Waals surface area contributed by atoms with E-state index < -0.39 is 0 Å². The van der Waals surface area contributed by atoms with Crippen molar-refractivity contribution < 1.29 is 0 Å². The summed E-state index contributed by atoms with van der Waals surface area (Å²) in [6.07, 6.45) is 5.51. The fraction of sp³-hybridized carbons (Fsp3) is 0.0377. The van der Waals surface area contributed by atoms with E-state index in [-0.39, 0.29) is 16.7 Å². The number of aromatic nitrogens is 3. The Morgan fingerprint density at radius 1 is 0.344 bits per heavy atom. The van der Waals surface area contributed by atoms with Crippen molar-refractivity contribution in [3.05, 3.63) is 265 Å². The first-order valence-electron chi connectivity index (χ1n) is 19.6. The maximum Gasteiger partial charge on any atom is 0.262 e. The molecule has 6 nitrogen and oxygen atoms in total. The summed E-state index contributed by atoms with van der Waals surface area (Å²) in [5, 5.41) is 1.32. The fourth-order valence-electron chi connectivity index (χ4n) is 6.79. The topological polar surface area (TPSA) is 66.0 Å². The van der Waals surface area contributed by atoms with E-state index in [1.165, 1.54) is 0 Å². The Morgan fingerprint density at radius 2 is 0.672 bits per heavy atom. The maximum atomic E-state index is 12.7. The molecule has 0 aliphatic rings. The second-order valence-corrected chi connectivity index (χ2v) is 15.1. The second kappa shape index (κ2) is 19.7. The average Bonchev–Trinajstić information content (AvgIpc) is 3.30. The minimum Gasteiger partial charge on any atom is -0.284 e. The van der Waals surface area contributed by atoms with Gasteiger partial charge in [-0.3, -0.25) is 28.1 Å². The summed E-state index contributed by atoms with van der Waals surface area (Å²) in [5.74, 6) is 0. The van der Waals surface area contributed by atoms with Gasteiger partial charge in [-0.15, -0.1) is 0 Å². The lowest BCUT2D eigenvalue weighted by atomic mass is 10.1. The van der Waals surface area contributed by atoms with E-state index in [1.807, 2.05) is 196 Å². The molecule has 3 heterocycles. The molecule has 0 amide bonds. The van der Waals surface area contributed by atoms with E-state index in [1.54, 1.807) is 44.2 Å². The number of benzene rings is 6. The van der Waals surface area contributed by atoms with Gasteiger partial charge in [0.2, 0.25) is 0 Å². The zero-order chi connectivity index (χ0) is 42.7. The molecular weight excluding hydrogens is 798 g/mol. The molecule has 0 radical (unpaired) electrons. The molecule has 0 fully saturated rings. The van der Waals surface area contributed by atoms with Crippen LogP contribution in [0.3, 0.4) is 0 Å². The van der Waals surface area contributed by atoms with Crippen LogP contribution in [0.2, 0.25) is 10.0 Å². The van der Waals surface area contributed by atoms with Gasteiger partial charge in [-0.2, -0.15) is 0 Å². The van der Waals surface area contributed by atoms with Crippen LogP contribution in [0.4, 0.5) is 0 Å². The first-order valence-corrected chi connectivity index (χ1v) is 20.3. The highest BCUT2D eigenvalue weighted by Gasteiger charge is 2.11. The van der Waals surface area contributed by atoms with E-state index in [0.717, 1.165) is 50.4 Å². The first kappa shape index (κ1) is 41.9. The third-order valence-electron chi connectivity index (χ3n) is 9.75. The van der Waals surface area contributed by atoms with E-state index in [4.69, 9.17) is 23.2 Å². The molecule has 0 saturated heterocycles. The minimum absolute atomic E-state index is 0.00741. The van der Waals surface area contributed by atoms with Crippen LogP contribution in [-0.4, -0.2) is 13.7 Å². The van der Waals surface area contributed by atoms with Crippen molar-refractivity contribution in [3.63, 3.8) is 0 Å². The molecule has 0 bridgehead atoms. The van der Waals surface area contributed by atoms with Gasteiger partial charge in [-0.25, -0.2) is 0 Å². The Labute approximate surface area is 364 Å². The molecule has 0 aliphatic heterocycles. The van der Waals surface area contributed by atoms with Gasteiger partial charge in [0.05, 0.1) is 0 Å². The summed E-state index contributed by atoms with van der Waals surface area (Å²) in [5.41, 5.74) is 9.39. The molecule has 0 aliphatic carbocycles. The molecule has 0 atom stereocenters. The van der Waals surface area contributed by atoms with E-state index in [9.17, 15) is 14.4 Å². The van der Waals surface area contributed by atoms with Gasteiger partial charge >= 0.3 is 0 Å². The molecule has 6 aromatic carbocycles. The van der Waals surface area contributed by atoms with Crippen LogP contribution in [0.5, 0.6) is 0 Å². The maximum absolute atomic E-state index is 12.7. The SMILES string of the molecule is Cc1cc(-c2ccc(Cl)cc2)c(=O)n(-c2ccccc2)c1.Cc1cc(-c2ccccc2)c(=O)n(-c2ccccc2)c1.O=c1c(-c2ccc(Cl)cc2)cccn1-c1ccccc1. The number of para-hydroxylation sites is 3. The molecule has 0 spiro atoms. The number of rotatable bonds is 6. The fourth-order valence-corrected chi connectivity index (χ4v) is 7.05. The number of hydrogen-bond acceptors (Lipinski definition) is 3. The highest BCUT2D eigenvalue weighted by molar-refractivity contribution is 6.30. The minimum atomic E-state index is -0.0407. The number of hydrogen-bond donors (Lipinski definition) is 0. The predicted octanol–water partition coefficient (Wildman–Crippen LogP) is 12.4. The Morgan fingerprint density at radius 3 is 1.08 bits per heavy atom. The van der Waals surface area contributed by atoms with Gasteiger partial charge in [-0.1, -0.05) is 132 Å². The standard InChI is InChI=1S/C18H14ClNO.C18H15NO.C17H12ClNO/c1-13-11-17(14-7-9-15(19)10-8-14)18(21)20(12-13)16-5-3-2-4-6-16;1-14-12-17(15-8-4-2-5-9-15)18(20)19(13-14)16-10-6-3-7-11-16;18-14-10-8-13(9-11-14)16-7-4-12-19(17(16)20)15-5-2-1-3-6-15/h2-12H,1H3;2-13H,1H3;1-12H. The van der Waals surface area contributed by atoms with E-state index >= 15 is 0 Å². The van der Waals surface area contributed by atoms with Crippen LogP contribution in [0.15, 0.2) is 227 Å². The molecule has 0 N–H and O–H groups in total. The molecule has 9 rings (SSSR count). The number of pyridine rings is 3. The van der Waals surface area contributed by atoms with Gasteiger partial charge in [0.25, 0.3) is 16.7 Å². The van der Waals surface area contributed by atoms with Crippen molar-refractivity contribution in [2.24, 2.45) is 0 Å². The van der Waals surface area contributed by atoms with Crippen molar-refractivity contribution in [1.82, 2.24) is 13.7 Å². The Bertz CT molecular complexity index is 2980. The monoisotopic (exact) mass is 837 g/mol. The van der Waals surface area contributed by atoms with Crippen LogP contribution < -0.4 is 16.7 Å². The average molecular weight is 839 g/mol. The summed E-state index contributed by atoms with van der Waals surface area (Å²) in [4.78, 5) is 38.0. The number of aryl methyl sites for hydroxylation is 2. The van der Waals surface area contributed by atoms with Crippen LogP contribution in [0, 0.1) is 13.8 Å². The van der Waals surface area contributed by atoms with Crippen LogP contribution in [0.1, 0.15) is 11.1 Å². The number of halogens is 2. The second-order valence-electron chi connectivity index (χ2n) is 14.2. The van der Waals surface area contributed by atoms with Crippen LogP contribution >= 0.6 is 23.2 Å². The molecule has 300 valence electrons. The highest BCUT2D eigenvalue weighted by Crippen LogP contribution is 2.22. The van der Waals surface area contributed by atoms with Crippen LogP contribution in [0.25, 0.3) is 50.4 Å². The lowest BCUT2D eigenvalue weighted by Crippen LogP contribution is -2.20. The zero-order valence-electron chi connectivity index (χ0n) is 33.5. The normalized spacial score (nSPS) is 10.5. The summed E-state index contributed by atoms with van der Waals surface area (Å²) in [6.45, 7) is 3.99. The molecule has 3 aromatic heterocycles. The van der Waals surface area contributed by atoms with Gasteiger partial charge in [-0.05, 0) is 127 Å². The van der Waals surface area contributed by atoms with Crippen molar-refractivity contribution in [2.45, 2.75) is 13.8 Å². The van der Waals surface area contributed by atoms with E-state index in [0.29, 0.717) is 21.2 Å². The van der Waals surface area contributed by atoms with Crippen molar-refractivity contribution in [2.75, 3.05) is 0 Å². The molecule has 0 unspecified atom stereocenters. The first-order chi connectivity index (χ1) is 29.7. The third kappa shape index (κ3) is 10.3. The quantitative estimate of drug-likeness (QED) is 0.168. The molecule has 9 aromatic rings. The molecule has 0 saturated carbocycles. The summed E-state index contributed by atoms with van der Waals surface area (Å²) in [6, 6.07) is 60.8. The van der Waals surface area contributed by atoms with Gasteiger partial charge in [0.15, 0.2) is 0 Å². The lowest BCUT2D eigenvalue weighted by Gasteiger charge is -2.10. The summed E-state index contributed by atoms with van der Waals surface area (Å²) >= 11 is 11.8. The van der Waals surface area contributed by atoms with Crippen LogP contribution in [-0.2, 0) is 0 Å². The highest BCUT2D eigenvalue weighted by atomic mass is 35.5. The molecular formula is C53H41Cl2N3O3. The summed E-state index contributed by atoms with van der Waals surface area (Å²) in [7, 11) is 0. The van der Waals surface area contributed by atoms with E-state index in [2.05, 4.69) is 0 Å². The zero-order valence-corrected chi connectivity index (χ0v) is 35.0. The number of nitrogens with zero attached hydrogens (tertiary/aromatic N) is 3. The molecule has 8 heteroatoms. The Kier molecular flexibility index (Phi) is 13.5. The Balaban J connectivity index is 0.000000138.